The summed E-state index contributed by atoms with van der Waals surface area (Å²) in [5, 5.41) is 11.8. The minimum atomic E-state index is -1.63. The van der Waals surface area contributed by atoms with Gasteiger partial charge in [0.1, 0.15) is 0 Å². The summed E-state index contributed by atoms with van der Waals surface area (Å²) in [6.07, 6.45) is 0.953. The van der Waals surface area contributed by atoms with Crippen LogP contribution in [0.1, 0.15) is 46.1 Å². The molecule has 1 rings (SSSR count). The van der Waals surface area contributed by atoms with Crippen LogP contribution >= 0.6 is 0 Å². The average Bonchev–Trinajstić information content (AvgIpc) is 2.63. The molecule has 0 radical (unpaired) electrons. The fourth-order valence-corrected chi connectivity index (χ4v) is 2.24. The number of ketones is 2. The number of carbonyl (C=O) groups excluding carboxylic acids is 2. The molecule has 0 atom stereocenters. The number of nitroso groups, excluding NO2 is 1. The van der Waals surface area contributed by atoms with Gasteiger partial charge in [-0.3, -0.25) is 14.4 Å². The number of carboxylic acids is 1. The molecule has 0 saturated heterocycles. The van der Waals surface area contributed by atoms with Crippen LogP contribution in [0.2, 0.25) is 0 Å². The van der Waals surface area contributed by atoms with Crippen molar-refractivity contribution in [2.24, 2.45) is 10.6 Å². The lowest BCUT2D eigenvalue weighted by Crippen LogP contribution is -2.38. The van der Waals surface area contributed by atoms with E-state index in [2.05, 4.69) is 5.18 Å². The summed E-state index contributed by atoms with van der Waals surface area (Å²) in [6.45, 7) is 7.41. The summed E-state index contributed by atoms with van der Waals surface area (Å²) in [5.74, 6) is -1.99. The summed E-state index contributed by atoms with van der Waals surface area (Å²) < 4.78 is 11.1. The van der Waals surface area contributed by atoms with Crippen molar-refractivity contribution < 1.29 is 29.0 Å². The van der Waals surface area contributed by atoms with Crippen LogP contribution in [-0.2, 0) is 14.4 Å². The zero-order valence-electron chi connectivity index (χ0n) is 16.9. The van der Waals surface area contributed by atoms with Gasteiger partial charge in [0.25, 0.3) is 0 Å². The highest BCUT2D eigenvalue weighted by molar-refractivity contribution is 6.41. The molecule has 28 heavy (non-hydrogen) atoms. The van der Waals surface area contributed by atoms with E-state index in [1.165, 1.54) is 13.8 Å². The number of Topliss-reactive ketones (excluding diaryl/α,β-unsaturated/α-hetero) is 2. The Kier molecular flexibility index (Phi) is 7.84. The molecule has 0 aliphatic rings. The van der Waals surface area contributed by atoms with Crippen LogP contribution in [-0.4, -0.2) is 41.4 Å². The number of carboxylic acid groups (broad SMARTS) is 1. The van der Waals surface area contributed by atoms with Gasteiger partial charge in [-0.15, -0.1) is 4.91 Å². The molecule has 1 aromatic carbocycles. The van der Waals surface area contributed by atoms with Crippen molar-refractivity contribution in [1.82, 2.24) is 0 Å². The molecule has 0 aromatic heterocycles. The van der Waals surface area contributed by atoms with E-state index in [4.69, 9.17) is 14.6 Å². The SMILES string of the molecule is Cc1ccc(OCC(=O)C(=O)C(C)(C)N=O)c(OCCCC(C)(C)C(=O)O)c1. The topological polar surface area (TPSA) is 119 Å². The van der Waals surface area contributed by atoms with Gasteiger partial charge >= 0.3 is 5.97 Å². The van der Waals surface area contributed by atoms with E-state index in [-0.39, 0.29) is 12.4 Å². The summed E-state index contributed by atoms with van der Waals surface area (Å²) in [6, 6.07) is 5.10. The Morgan fingerprint density at radius 3 is 2.29 bits per heavy atom. The highest BCUT2D eigenvalue weighted by atomic mass is 16.5. The molecule has 0 aliphatic carbocycles. The normalized spacial score (nSPS) is 11.6. The molecule has 8 heteroatoms. The van der Waals surface area contributed by atoms with Gasteiger partial charge in [0.2, 0.25) is 11.6 Å². The van der Waals surface area contributed by atoms with Gasteiger partial charge in [-0.05, 0) is 65.2 Å². The molecule has 0 saturated carbocycles. The monoisotopic (exact) mass is 393 g/mol. The van der Waals surface area contributed by atoms with Gasteiger partial charge in [0.15, 0.2) is 23.6 Å². The molecular formula is C20H27NO7. The molecule has 8 nitrogen and oxygen atoms in total. The van der Waals surface area contributed by atoms with Crippen molar-refractivity contribution in [1.29, 1.82) is 0 Å². The zero-order valence-corrected chi connectivity index (χ0v) is 16.9. The van der Waals surface area contributed by atoms with Crippen LogP contribution < -0.4 is 9.47 Å². The van der Waals surface area contributed by atoms with Crippen molar-refractivity contribution >= 4 is 17.5 Å². The van der Waals surface area contributed by atoms with Gasteiger partial charge in [0.05, 0.1) is 12.0 Å². The first-order chi connectivity index (χ1) is 12.9. The third kappa shape index (κ3) is 6.44. The van der Waals surface area contributed by atoms with Gasteiger partial charge in [-0.2, -0.15) is 0 Å². The molecule has 0 bridgehead atoms. The summed E-state index contributed by atoms with van der Waals surface area (Å²) in [5.41, 5.74) is -1.58. The number of aryl methyl sites for hydroxylation is 1. The average molecular weight is 393 g/mol. The number of aliphatic carboxylic acids is 1. The Morgan fingerprint density at radius 1 is 1.07 bits per heavy atom. The van der Waals surface area contributed by atoms with E-state index in [9.17, 15) is 19.3 Å². The van der Waals surface area contributed by atoms with Crippen molar-refractivity contribution in [3.05, 3.63) is 28.7 Å². The maximum Gasteiger partial charge on any atom is 0.309 e. The minimum absolute atomic E-state index is 0.269. The predicted molar refractivity (Wildman–Crippen MR) is 103 cm³/mol. The Hall–Kier alpha value is -2.77. The standard InChI is InChI=1S/C20H27NO7/c1-13-7-8-15(28-12-14(22)17(23)20(4,5)21-26)16(11-13)27-10-6-9-19(2,3)18(24)25/h7-8,11H,6,9-10,12H2,1-5H3,(H,24,25). The maximum absolute atomic E-state index is 12.0. The highest BCUT2D eigenvalue weighted by Crippen LogP contribution is 2.29. The van der Waals surface area contributed by atoms with Crippen LogP contribution in [0.15, 0.2) is 23.4 Å². The molecule has 0 spiro atoms. The number of hydrogen-bond donors (Lipinski definition) is 1. The van der Waals surface area contributed by atoms with Crippen LogP contribution in [0, 0.1) is 17.2 Å². The number of benzene rings is 1. The van der Waals surface area contributed by atoms with Crippen molar-refractivity contribution in [3.8, 4) is 11.5 Å². The lowest BCUT2D eigenvalue weighted by molar-refractivity contribution is -0.147. The lowest BCUT2D eigenvalue weighted by Gasteiger charge is -2.19. The van der Waals surface area contributed by atoms with Crippen LogP contribution in [0.4, 0.5) is 0 Å². The minimum Gasteiger partial charge on any atom is -0.490 e. The Bertz CT molecular complexity index is 753. The summed E-state index contributed by atoms with van der Waals surface area (Å²) >= 11 is 0. The second-order valence-electron chi connectivity index (χ2n) is 7.78. The third-order valence-electron chi connectivity index (χ3n) is 4.28. The zero-order chi connectivity index (χ0) is 21.5. The van der Waals surface area contributed by atoms with Gasteiger partial charge < -0.3 is 14.6 Å². The first-order valence-corrected chi connectivity index (χ1v) is 8.92. The fraction of sp³-hybridized carbons (Fsp3) is 0.550. The van der Waals surface area contributed by atoms with Crippen LogP contribution in [0.3, 0.4) is 0 Å². The quantitative estimate of drug-likeness (QED) is 0.328. The summed E-state index contributed by atoms with van der Waals surface area (Å²) in [4.78, 5) is 45.7. The smallest absolute Gasteiger partial charge is 0.309 e. The molecule has 0 aliphatic heterocycles. The number of rotatable bonds is 12. The van der Waals surface area contributed by atoms with E-state index in [1.54, 1.807) is 32.0 Å². The van der Waals surface area contributed by atoms with Crippen molar-refractivity contribution in [2.75, 3.05) is 13.2 Å². The van der Waals surface area contributed by atoms with Crippen molar-refractivity contribution in [3.63, 3.8) is 0 Å². The molecule has 154 valence electrons. The van der Waals surface area contributed by atoms with Gasteiger partial charge in [0, 0.05) is 0 Å². The van der Waals surface area contributed by atoms with E-state index in [1.807, 2.05) is 6.92 Å². The summed E-state index contributed by atoms with van der Waals surface area (Å²) in [7, 11) is 0. The molecule has 0 amide bonds. The molecule has 1 aromatic rings. The van der Waals surface area contributed by atoms with Gasteiger partial charge in [-0.1, -0.05) is 11.2 Å². The second kappa shape index (κ2) is 9.43. The van der Waals surface area contributed by atoms with E-state index in [0.29, 0.717) is 18.6 Å². The maximum atomic E-state index is 12.0. The molecular weight excluding hydrogens is 366 g/mol. The number of hydrogen-bond acceptors (Lipinski definition) is 7. The Labute approximate surface area is 164 Å². The molecule has 0 heterocycles. The van der Waals surface area contributed by atoms with E-state index < -0.39 is 35.1 Å². The van der Waals surface area contributed by atoms with Crippen LogP contribution in [0.5, 0.6) is 11.5 Å². The third-order valence-corrected chi connectivity index (χ3v) is 4.28. The largest absolute Gasteiger partial charge is 0.490 e. The van der Waals surface area contributed by atoms with Gasteiger partial charge in [-0.25, -0.2) is 0 Å². The first-order valence-electron chi connectivity index (χ1n) is 8.92. The Morgan fingerprint density at radius 2 is 1.71 bits per heavy atom. The number of nitrogens with zero attached hydrogens (tertiary/aromatic N) is 1. The highest BCUT2D eigenvalue weighted by Gasteiger charge is 2.34. The fourth-order valence-electron chi connectivity index (χ4n) is 2.24. The lowest BCUT2D eigenvalue weighted by atomic mass is 9.88. The molecule has 0 unspecified atom stereocenters. The number of carbonyl (C=O) groups is 3. The Balaban J connectivity index is 2.71. The predicted octanol–water partition coefficient (Wildman–Crippen LogP) is 3.33. The molecule has 1 N–H and O–H groups in total. The molecule has 0 fully saturated rings. The van der Waals surface area contributed by atoms with E-state index in [0.717, 1.165) is 5.56 Å². The second-order valence-corrected chi connectivity index (χ2v) is 7.78. The number of ether oxygens (including phenoxy) is 2. The van der Waals surface area contributed by atoms with E-state index >= 15 is 0 Å². The first kappa shape index (κ1) is 23.3. The van der Waals surface area contributed by atoms with Crippen LogP contribution in [0.25, 0.3) is 0 Å². The van der Waals surface area contributed by atoms with Crippen molar-refractivity contribution in [2.45, 2.75) is 53.0 Å².